The highest BCUT2D eigenvalue weighted by atomic mass is 16.1. The molecule has 3 rings (SSSR count). The molecule has 3 aromatic rings. The number of pyridine rings is 1. The second-order valence-corrected chi connectivity index (χ2v) is 5.04. The maximum atomic E-state index is 12.2. The molecule has 0 saturated carbocycles. The number of aromatic amines is 2. The van der Waals surface area contributed by atoms with Gasteiger partial charge in [0.15, 0.2) is 0 Å². The first kappa shape index (κ1) is 12.5. The average molecular weight is 268 g/mol. The summed E-state index contributed by atoms with van der Waals surface area (Å²) in [6, 6.07) is 3.87. The van der Waals surface area contributed by atoms with Gasteiger partial charge in [0.2, 0.25) is 0 Å². The molecule has 3 aromatic heterocycles. The summed E-state index contributed by atoms with van der Waals surface area (Å²) in [6.07, 6.45) is 5.46. The lowest BCUT2D eigenvalue weighted by Gasteiger charge is -1.89. The summed E-state index contributed by atoms with van der Waals surface area (Å²) in [5.74, 6) is 0. The molecule has 0 unspecified atom stereocenters. The normalized spacial score (nSPS) is 12.2. The van der Waals surface area contributed by atoms with Gasteiger partial charge in [-0.15, -0.1) is 0 Å². The minimum Gasteiger partial charge on any atom is -0.346 e. The minimum absolute atomic E-state index is 0.0283. The Morgan fingerprint density at radius 3 is 2.90 bits per heavy atom. The predicted molar refractivity (Wildman–Crippen MR) is 79.7 cm³/mol. The van der Waals surface area contributed by atoms with Crippen molar-refractivity contribution in [2.75, 3.05) is 0 Å². The quantitative estimate of drug-likeness (QED) is 0.679. The molecule has 0 radical (unpaired) electrons. The van der Waals surface area contributed by atoms with Crippen LogP contribution in [0.15, 0.2) is 29.3 Å². The van der Waals surface area contributed by atoms with Crippen molar-refractivity contribution < 1.29 is 0 Å². The number of rotatable bonds is 1. The maximum absolute atomic E-state index is 12.2. The third kappa shape index (κ3) is 1.87. The van der Waals surface area contributed by atoms with Crippen molar-refractivity contribution in [3.8, 4) is 0 Å². The summed E-state index contributed by atoms with van der Waals surface area (Å²) < 4.78 is 1.63. The van der Waals surface area contributed by atoms with Gasteiger partial charge in [-0.25, -0.2) is 4.98 Å². The maximum Gasteiger partial charge on any atom is 0.275 e. The highest BCUT2D eigenvalue weighted by molar-refractivity contribution is 5.85. The summed E-state index contributed by atoms with van der Waals surface area (Å²) in [6.45, 7) is 3.95. The molecule has 5 nitrogen and oxygen atoms in total. The van der Waals surface area contributed by atoms with Crippen molar-refractivity contribution >= 4 is 22.7 Å². The van der Waals surface area contributed by atoms with Crippen LogP contribution in [0.2, 0.25) is 0 Å². The van der Waals surface area contributed by atoms with Gasteiger partial charge < -0.3 is 9.97 Å². The highest BCUT2D eigenvalue weighted by Gasteiger charge is 2.04. The lowest BCUT2D eigenvalue weighted by atomic mass is 10.2. The van der Waals surface area contributed by atoms with Crippen LogP contribution in [-0.4, -0.2) is 19.5 Å². The molecule has 0 aliphatic rings. The van der Waals surface area contributed by atoms with E-state index in [9.17, 15) is 4.79 Å². The molecule has 0 aliphatic heterocycles. The molecule has 2 N–H and O–H groups in total. The van der Waals surface area contributed by atoms with E-state index in [-0.39, 0.29) is 5.56 Å². The molecule has 0 saturated heterocycles. The first-order valence-corrected chi connectivity index (χ1v) is 6.44. The van der Waals surface area contributed by atoms with Crippen LogP contribution in [0.3, 0.4) is 0 Å². The molecule has 3 heterocycles. The van der Waals surface area contributed by atoms with E-state index in [4.69, 9.17) is 0 Å². The zero-order chi connectivity index (χ0) is 14.3. The van der Waals surface area contributed by atoms with Crippen LogP contribution in [0.5, 0.6) is 0 Å². The van der Waals surface area contributed by atoms with Crippen LogP contribution in [0.25, 0.3) is 22.7 Å². The first-order chi connectivity index (χ1) is 9.58. The number of aromatic nitrogens is 4. The fourth-order valence-electron chi connectivity index (χ4n) is 2.36. The van der Waals surface area contributed by atoms with Gasteiger partial charge in [-0.3, -0.25) is 9.36 Å². The Bertz CT molecular complexity index is 952. The number of nitrogens with zero attached hydrogens (tertiary/aromatic N) is 2. The van der Waals surface area contributed by atoms with E-state index >= 15 is 0 Å². The standard InChI is InChI=1S/C15H16N4O/c1-9(2)14-18-12(15(20)19(14)3)7-10-8-17-13-11(10)5-4-6-16-13/h4-8,18H,1-3H3,(H,16,17). The molecule has 102 valence electrons. The third-order valence-electron chi connectivity index (χ3n) is 3.38. The predicted octanol–water partition coefficient (Wildman–Crippen LogP) is 0.609. The second-order valence-electron chi connectivity index (χ2n) is 5.04. The molecule has 0 bridgehead atoms. The van der Waals surface area contributed by atoms with E-state index in [1.54, 1.807) is 17.8 Å². The van der Waals surface area contributed by atoms with Crippen molar-refractivity contribution in [2.45, 2.75) is 13.8 Å². The molecule has 0 aromatic carbocycles. The van der Waals surface area contributed by atoms with E-state index in [0.29, 0.717) is 5.35 Å². The fraction of sp³-hybridized carbons (Fsp3) is 0.200. The summed E-state index contributed by atoms with van der Waals surface area (Å²) in [5, 5.41) is 1.58. The molecule has 0 atom stereocenters. The molecule has 0 fully saturated rings. The van der Waals surface area contributed by atoms with E-state index in [2.05, 4.69) is 15.0 Å². The van der Waals surface area contributed by atoms with Crippen LogP contribution in [0, 0.1) is 0 Å². The minimum atomic E-state index is -0.0283. The van der Waals surface area contributed by atoms with Crippen molar-refractivity contribution in [1.29, 1.82) is 0 Å². The van der Waals surface area contributed by atoms with E-state index < -0.39 is 0 Å². The topological polar surface area (TPSA) is 66.5 Å². The molecule has 5 heteroatoms. The Balaban J connectivity index is 2.31. The van der Waals surface area contributed by atoms with Crippen molar-refractivity contribution in [2.24, 2.45) is 7.05 Å². The number of nitrogens with one attached hydrogen (secondary N) is 2. The average Bonchev–Trinajstić information content (AvgIpc) is 2.96. The van der Waals surface area contributed by atoms with Gasteiger partial charge in [-0.05, 0) is 37.6 Å². The van der Waals surface area contributed by atoms with Gasteiger partial charge in [0.1, 0.15) is 16.5 Å². The number of imidazole rings is 1. The largest absolute Gasteiger partial charge is 0.346 e. The van der Waals surface area contributed by atoms with Crippen LogP contribution in [-0.2, 0) is 7.05 Å². The third-order valence-corrected chi connectivity index (χ3v) is 3.38. The molecule has 0 spiro atoms. The van der Waals surface area contributed by atoms with Gasteiger partial charge in [-0.2, -0.15) is 0 Å². The first-order valence-electron chi connectivity index (χ1n) is 6.44. The van der Waals surface area contributed by atoms with Gasteiger partial charge in [-0.1, -0.05) is 0 Å². The van der Waals surface area contributed by atoms with E-state index in [1.807, 2.05) is 38.3 Å². The number of hydrogen-bond acceptors (Lipinski definition) is 2. The fourth-order valence-corrected chi connectivity index (χ4v) is 2.36. The number of hydrogen-bond donors (Lipinski definition) is 2. The van der Waals surface area contributed by atoms with Crippen LogP contribution in [0.1, 0.15) is 19.4 Å². The summed E-state index contributed by atoms with van der Waals surface area (Å²) in [4.78, 5) is 22.7. The molecule has 0 amide bonds. The van der Waals surface area contributed by atoms with Crippen molar-refractivity contribution in [1.82, 2.24) is 19.5 Å². The van der Waals surface area contributed by atoms with Gasteiger partial charge in [0, 0.05) is 30.4 Å². The smallest absolute Gasteiger partial charge is 0.275 e. The lowest BCUT2D eigenvalue weighted by molar-refractivity contribution is 0.831. The summed E-state index contributed by atoms with van der Waals surface area (Å²) in [7, 11) is 1.77. The summed E-state index contributed by atoms with van der Waals surface area (Å²) in [5.41, 5.74) is 3.66. The van der Waals surface area contributed by atoms with Gasteiger partial charge in [0.25, 0.3) is 5.56 Å². The summed E-state index contributed by atoms with van der Waals surface area (Å²) >= 11 is 0. The Kier molecular flexibility index (Phi) is 2.82. The molecule has 0 aliphatic carbocycles. The van der Waals surface area contributed by atoms with Crippen molar-refractivity contribution in [3.63, 3.8) is 0 Å². The molecular weight excluding hydrogens is 252 g/mol. The molecule has 20 heavy (non-hydrogen) atoms. The molecular formula is C15H16N4O. The monoisotopic (exact) mass is 268 g/mol. The zero-order valence-corrected chi connectivity index (χ0v) is 11.7. The Labute approximate surface area is 115 Å². The van der Waals surface area contributed by atoms with Crippen LogP contribution < -0.4 is 16.4 Å². The number of H-pyrrole nitrogens is 2. The van der Waals surface area contributed by atoms with Gasteiger partial charge >= 0.3 is 0 Å². The highest BCUT2D eigenvalue weighted by Crippen LogP contribution is 2.15. The lowest BCUT2D eigenvalue weighted by Crippen LogP contribution is -2.29. The Morgan fingerprint density at radius 1 is 1.40 bits per heavy atom. The Morgan fingerprint density at radius 2 is 2.20 bits per heavy atom. The van der Waals surface area contributed by atoms with Crippen LogP contribution >= 0.6 is 0 Å². The Hall–Kier alpha value is -2.56. The SMILES string of the molecule is CC(C)=c1[nH]c(=Cc2c[nH]c3ncccc23)c(=O)n1C. The van der Waals surface area contributed by atoms with E-state index in [0.717, 1.165) is 27.6 Å². The zero-order valence-electron chi connectivity index (χ0n) is 11.7. The second kappa shape index (κ2) is 4.52. The van der Waals surface area contributed by atoms with Crippen molar-refractivity contribution in [3.05, 3.63) is 51.3 Å². The van der Waals surface area contributed by atoms with Gasteiger partial charge in [0.05, 0.1) is 0 Å². The van der Waals surface area contributed by atoms with E-state index in [1.165, 1.54) is 0 Å². The number of fused-ring (bicyclic) bond motifs is 1. The van der Waals surface area contributed by atoms with Crippen LogP contribution in [0.4, 0.5) is 0 Å².